The van der Waals surface area contributed by atoms with E-state index in [1.165, 1.54) is 95.3 Å². The number of nitrogens with two attached hydrogens (primary N) is 1. The van der Waals surface area contributed by atoms with Gasteiger partial charge in [0.25, 0.3) is 0 Å². The van der Waals surface area contributed by atoms with Crippen molar-refractivity contribution in [3.05, 3.63) is 298 Å². The third kappa shape index (κ3) is 45.9. The molecule has 7 atom stereocenters. The Balaban J connectivity index is 0.000000810. The maximum Gasteiger partial charge on any atom is 0.414 e. The molecular weight excluding hydrogens is 1880 g/mol. The summed E-state index contributed by atoms with van der Waals surface area (Å²) in [6.45, 7) is 37.5. The second-order valence-electron chi connectivity index (χ2n) is 37.1. The van der Waals surface area contributed by atoms with Crippen LogP contribution in [0.3, 0.4) is 0 Å². The standard InChI is InChI=1S/C20H27NOSi.C16H20F2N2O4.C16H18F2N2O4.C16H22F2N2O2.C9H6F2O.C7H14N2O4.C7H6O2.C7H16.C2H6O.Fe.H2O/c1-23(2,3)22-20(19-15-10-16-21-19,17-11-6-4-7-12-17)18-13-8-5-9-14-18;2*1-16(2,3)24-15(21)19-7-6-12(14(9-19)20(22)23)11-5-4-10(17)8-13(11)18;1-16(2,3)22-15(21)20-7-6-12(14(19)9-20)11-5-4-10(17)8-13(11)18;10-8-4-3-7(2-1-5-12)9(11)6-8;1-7(2,3)13-6(10)8-4-5-9(11)12;8-7(9)6-4-2-1-3-5-6;1-4-7(5-2)6-3;1-2-3;;/h4-9,11-14,19,21H,10,15-16H2,1-3H3;4-5,8,12,14H,6-7,9H2,1-3H3;4-8,12,14H,9H2,1-3H3;4-5,8,12,14H,6-7,9,19H2,1-3H3;1-6H;4-5H2,1-3H3,(H,8,10);1-5H,(H,8,9);7H,4-6H2,1-3H3;3H,2H2,1H3;;1H2/b;;;;2-1+;;;;;;/t;3*12-,14+;;;;;;;/m.000......./s1. The van der Waals surface area contributed by atoms with Gasteiger partial charge in [0.05, 0.1) is 37.0 Å². The second kappa shape index (κ2) is 60.4. The quantitative estimate of drug-likeness (QED) is 0.00954. The summed E-state index contributed by atoms with van der Waals surface area (Å²) in [4.78, 5) is 102. The van der Waals surface area contributed by atoms with Crippen LogP contribution in [0.2, 0.25) is 19.6 Å². The van der Waals surface area contributed by atoms with Crippen molar-refractivity contribution in [2.45, 2.75) is 245 Å². The minimum atomic E-state index is -1.77. The van der Waals surface area contributed by atoms with Crippen LogP contribution >= 0.6 is 0 Å². The Morgan fingerprint density at radius 3 is 1.32 bits per heavy atom. The molecule has 0 bridgehead atoms. The van der Waals surface area contributed by atoms with Crippen LogP contribution in [0, 0.1) is 82.8 Å². The molecule has 139 heavy (non-hydrogen) atoms. The summed E-state index contributed by atoms with van der Waals surface area (Å²) in [5.74, 6) is -7.42. The van der Waals surface area contributed by atoms with E-state index in [0.717, 1.165) is 60.2 Å². The molecule has 3 fully saturated rings. The SMILES string of the molecule is CC(C)(C)OC(=O)N1C=C[C@@H](c2ccc(F)cc2F)[C@H]([N+](=O)[O-])C1.CC(C)(C)OC(=O)N1CC[C@@H](c2ccc(F)cc2F)[C@H](N)C1.CC(C)(C)OC(=O)N1CC[C@@H](c2ccc(F)cc2F)[C@H]([N+](=O)[O-])C1.CC(C)(C)OC(=O)NCC[N+](=O)[O-].CCC(CC)CC.CCO.C[Si](C)(C)OC(c1ccccc1)(c1ccccc1)C1CCCN1.O.O=C(O)c1ccccc1.O=C/C=C/c1ccc(F)cc1F.[Fe]. The van der Waals surface area contributed by atoms with Crippen LogP contribution in [0.5, 0.6) is 0 Å². The van der Waals surface area contributed by atoms with Crippen molar-refractivity contribution in [2.75, 3.05) is 59.0 Å². The fourth-order valence-corrected chi connectivity index (χ4v) is 15.7. The number of piperidine rings is 2. The molecular formula is C100H137F8FeN9O20Si. The van der Waals surface area contributed by atoms with E-state index in [2.05, 4.69) is 112 Å². The van der Waals surface area contributed by atoms with Crippen molar-refractivity contribution >= 4 is 51.0 Å². The number of alkyl carbamates (subject to hydrolysis) is 1. The molecule has 4 aliphatic rings. The average Bonchev–Trinajstić information content (AvgIpc) is 1.74. The molecule has 4 heterocycles. The van der Waals surface area contributed by atoms with Crippen LogP contribution in [-0.4, -0.2) is 196 Å². The van der Waals surface area contributed by atoms with E-state index < -0.39 is 158 Å². The maximum atomic E-state index is 14.0. The third-order valence-corrected chi connectivity index (χ3v) is 21.4. The average molecular weight is 2020 g/mol. The summed E-state index contributed by atoms with van der Waals surface area (Å²) in [6.07, 6.45) is 10.4. The fourth-order valence-electron chi connectivity index (χ4n) is 14.3. The van der Waals surface area contributed by atoms with Gasteiger partial charge in [-0.25, -0.2) is 59.1 Å². The summed E-state index contributed by atoms with van der Waals surface area (Å²) < 4.78 is 134. The maximum absolute atomic E-state index is 14.0. The van der Waals surface area contributed by atoms with Gasteiger partial charge in [0.1, 0.15) is 80.8 Å². The number of carbonyl (C=O) groups excluding carboxylic acids is 5. The zero-order valence-electron chi connectivity index (χ0n) is 82.4. The van der Waals surface area contributed by atoms with E-state index >= 15 is 0 Å². The molecule has 0 aromatic heterocycles. The van der Waals surface area contributed by atoms with E-state index in [1.807, 2.05) is 0 Å². The normalized spacial score (nSPS) is 17.1. The predicted molar refractivity (Wildman–Crippen MR) is 515 cm³/mol. The van der Waals surface area contributed by atoms with Gasteiger partial charge in [-0.15, -0.1) is 0 Å². The molecule has 7 aromatic carbocycles. The van der Waals surface area contributed by atoms with E-state index in [1.54, 1.807) is 120 Å². The van der Waals surface area contributed by atoms with Gasteiger partial charge >= 0.3 is 30.3 Å². The van der Waals surface area contributed by atoms with Gasteiger partial charge in [-0.2, -0.15) is 0 Å². The molecule has 770 valence electrons. The van der Waals surface area contributed by atoms with Gasteiger partial charge in [-0.3, -0.25) is 40.0 Å². The molecule has 0 spiro atoms. The van der Waals surface area contributed by atoms with E-state index in [0.29, 0.717) is 48.6 Å². The summed E-state index contributed by atoms with van der Waals surface area (Å²) in [7, 11) is -1.77. The van der Waals surface area contributed by atoms with Crippen LogP contribution in [0.1, 0.15) is 217 Å². The number of ether oxygens (including phenoxy) is 4. The Bertz CT molecular complexity index is 4980. The summed E-state index contributed by atoms with van der Waals surface area (Å²) in [5.41, 5.74) is 6.67. The molecule has 29 nitrogen and oxygen atoms in total. The van der Waals surface area contributed by atoms with Crippen molar-refractivity contribution < 1.29 is 135 Å². The van der Waals surface area contributed by atoms with Crippen LogP contribution < -0.4 is 16.4 Å². The van der Waals surface area contributed by atoms with E-state index in [-0.39, 0.29) is 97.4 Å². The molecule has 3 saturated heterocycles. The number of likely N-dealkylation sites (tertiary alicyclic amines) is 2. The third-order valence-electron chi connectivity index (χ3n) is 20.5. The van der Waals surface area contributed by atoms with Crippen molar-refractivity contribution in [2.24, 2.45) is 11.7 Å². The Labute approximate surface area is 820 Å². The monoisotopic (exact) mass is 2020 g/mol. The van der Waals surface area contributed by atoms with Crippen LogP contribution in [-0.2, 0) is 50.8 Å². The number of nitrogens with zero attached hydrogens (tertiary/aromatic N) is 6. The van der Waals surface area contributed by atoms with Crippen molar-refractivity contribution in [1.82, 2.24) is 25.3 Å². The molecule has 8 N–H and O–H groups in total. The van der Waals surface area contributed by atoms with Crippen LogP contribution in [0.25, 0.3) is 6.08 Å². The number of benzene rings is 7. The number of hydrogen-bond acceptors (Lipinski definition) is 20. The zero-order valence-corrected chi connectivity index (χ0v) is 84.5. The molecule has 0 radical (unpaired) electrons. The Hall–Kier alpha value is -11.6. The zero-order chi connectivity index (χ0) is 104. The van der Waals surface area contributed by atoms with Crippen molar-refractivity contribution in [3.63, 3.8) is 0 Å². The van der Waals surface area contributed by atoms with Gasteiger partial charge in [-0.05, 0) is 225 Å². The number of nitrogens with one attached hydrogen (secondary N) is 2. The number of aromatic carboxylic acids is 1. The minimum absolute atomic E-state index is 0. The first-order valence-corrected chi connectivity index (χ1v) is 48.5. The molecule has 7 aromatic rings. The number of hydrogen-bond donors (Lipinski definition) is 5. The number of carboxylic acid groups (broad SMARTS) is 1. The van der Waals surface area contributed by atoms with Gasteiger partial charge < -0.3 is 65.2 Å². The number of aldehydes is 1. The molecule has 0 saturated carbocycles. The van der Waals surface area contributed by atoms with Gasteiger partial charge in [0.2, 0.25) is 18.6 Å². The van der Waals surface area contributed by atoms with Crippen LogP contribution in [0.4, 0.5) is 54.3 Å². The summed E-state index contributed by atoms with van der Waals surface area (Å²) in [6, 6.07) is 39.9. The van der Waals surface area contributed by atoms with Gasteiger partial charge in [0, 0.05) is 118 Å². The number of allylic oxidation sites excluding steroid dienone is 1. The number of carboxylic acids is 1. The van der Waals surface area contributed by atoms with Crippen molar-refractivity contribution in [1.29, 1.82) is 0 Å². The van der Waals surface area contributed by atoms with Crippen LogP contribution in [0.15, 0.2) is 182 Å². The largest absolute Gasteiger partial charge is 0.478 e. The Morgan fingerprint density at radius 1 is 0.554 bits per heavy atom. The predicted octanol–water partition coefficient (Wildman–Crippen LogP) is 20.7. The first-order chi connectivity index (χ1) is 64.0. The topological polar surface area (TPSA) is 410 Å². The summed E-state index contributed by atoms with van der Waals surface area (Å²) in [5, 5.41) is 54.6. The number of amides is 4. The second-order valence-corrected chi connectivity index (χ2v) is 41.5. The molecule has 11 rings (SSSR count). The van der Waals surface area contributed by atoms with E-state index in [4.69, 9.17) is 39.3 Å². The number of aliphatic hydroxyl groups is 1. The van der Waals surface area contributed by atoms with E-state index in [9.17, 15) is 94.2 Å². The van der Waals surface area contributed by atoms with Crippen molar-refractivity contribution in [3.8, 4) is 0 Å². The molecule has 0 aliphatic carbocycles. The number of halogens is 8. The summed E-state index contributed by atoms with van der Waals surface area (Å²) >= 11 is 0. The Kier molecular flexibility index (Phi) is 54.5. The molecule has 4 aliphatic heterocycles. The smallest absolute Gasteiger partial charge is 0.414 e. The first kappa shape index (κ1) is 125. The number of carbonyl (C=O) groups is 6. The molecule has 39 heteroatoms. The van der Waals surface area contributed by atoms with Gasteiger partial charge in [-0.1, -0.05) is 143 Å². The number of nitro groups is 3. The fraction of sp³-hybridized carbons (Fsp3) is 0.480. The Morgan fingerprint density at radius 2 is 0.957 bits per heavy atom. The molecule has 1 unspecified atom stereocenters. The molecule has 4 amide bonds. The number of rotatable bonds is 19. The van der Waals surface area contributed by atoms with Gasteiger partial charge in [0.15, 0.2) is 8.32 Å². The first-order valence-electron chi connectivity index (χ1n) is 45.1. The number of aliphatic hydroxyl groups excluding tert-OH is 1. The minimum Gasteiger partial charge on any atom is -0.478 e.